The number of hydrogen-bond donors (Lipinski definition) is 2. The first-order chi connectivity index (χ1) is 8.70. The van der Waals surface area contributed by atoms with Crippen LogP contribution in [0.4, 0.5) is 0 Å². The molecule has 0 aromatic rings. The SMILES string of the molecule is CC(C)CC1(CNCC2CCNCC2)CCCC1. The molecule has 0 aromatic heterocycles. The summed E-state index contributed by atoms with van der Waals surface area (Å²) in [4.78, 5) is 0. The molecule has 0 atom stereocenters. The van der Waals surface area contributed by atoms with Crippen LogP contribution in [0.1, 0.15) is 58.8 Å². The van der Waals surface area contributed by atoms with Crippen LogP contribution in [0, 0.1) is 17.3 Å². The number of rotatable bonds is 6. The van der Waals surface area contributed by atoms with Gasteiger partial charge in [-0.1, -0.05) is 26.7 Å². The number of hydrogen-bond acceptors (Lipinski definition) is 2. The van der Waals surface area contributed by atoms with Gasteiger partial charge in [-0.05, 0) is 69.0 Å². The van der Waals surface area contributed by atoms with Gasteiger partial charge in [-0.2, -0.15) is 0 Å². The molecule has 2 N–H and O–H groups in total. The first kappa shape index (κ1) is 14.3. The van der Waals surface area contributed by atoms with Gasteiger partial charge in [0.05, 0.1) is 0 Å². The summed E-state index contributed by atoms with van der Waals surface area (Å²) in [7, 11) is 0. The predicted molar refractivity (Wildman–Crippen MR) is 78.8 cm³/mol. The van der Waals surface area contributed by atoms with Crippen molar-refractivity contribution in [3.05, 3.63) is 0 Å². The molecule has 0 unspecified atom stereocenters. The molecule has 0 bridgehead atoms. The summed E-state index contributed by atoms with van der Waals surface area (Å²) >= 11 is 0. The molecule has 0 spiro atoms. The Labute approximate surface area is 113 Å². The highest BCUT2D eigenvalue weighted by molar-refractivity contribution is 4.87. The van der Waals surface area contributed by atoms with Gasteiger partial charge in [-0.15, -0.1) is 0 Å². The lowest BCUT2D eigenvalue weighted by Crippen LogP contribution is -2.38. The lowest BCUT2D eigenvalue weighted by molar-refractivity contribution is 0.216. The fourth-order valence-electron chi connectivity index (χ4n) is 4.07. The van der Waals surface area contributed by atoms with E-state index in [0.717, 1.165) is 11.8 Å². The Kier molecular flexibility index (Phi) is 5.50. The van der Waals surface area contributed by atoms with Crippen LogP contribution in [-0.2, 0) is 0 Å². The molecular weight excluding hydrogens is 220 g/mol. The summed E-state index contributed by atoms with van der Waals surface area (Å²) in [5.41, 5.74) is 0.640. The van der Waals surface area contributed by atoms with Gasteiger partial charge in [0, 0.05) is 6.54 Å². The van der Waals surface area contributed by atoms with Crippen LogP contribution < -0.4 is 10.6 Å². The van der Waals surface area contributed by atoms with Crippen molar-refractivity contribution in [3.8, 4) is 0 Å². The quantitative estimate of drug-likeness (QED) is 0.758. The standard InChI is InChI=1S/C16H32N2/c1-14(2)11-16(7-3-4-8-16)13-18-12-15-5-9-17-10-6-15/h14-15,17-18H,3-13H2,1-2H3. The lowest BCUT2D eigenvalue weighted by atomic mass is 9.78. The first-order valence-electron chi connectivity index (χ1n) is 8.12. The van der Waals surface area contributed by atoms with E-state index in [2.05, 4.69) is 24.5 Å². The Hall–Kier alpha value is -0.0800. The minimum Gasteiger partial charge on any atom is -0.317 e. The molecular formula is C16H32N2. The van der Waals surface area contributed by atoms with Gasteiger partial charge in [0.1, 0.15) is 0 Å². The number of nitrogens with one attached hydrogen (secondary N) is 2. The molecule has 1 aliphatic heterocycles. The zero-order valence-electron chi connectivity index (χ0n) is 12.4. The molecule has 18 heavy (non-hydrogen) atoms. The fourth-order valence-corrected chi connectivity index (χ4v) is 4.07. The Morgan fingerprint density at radius 1 is 1.17 bits per heavy atom. The summed E-state index contributed by atoms with van der Waals surface area (Å²) in [6.07, 6.45) is 10.00. The highest BCUT2D eigenvalue weighted by Crippen LogP contribution is 2.42. The third-order valence-electron chi connectivity index (χ3n) is 4.90. The topological polar surface area (TPSA) is 24.1 Å². The maximum atomic E-state index is 3.82. The molecule has 1 aliphatic carbocycles. The van der Waals surface area contributed by atoms with E-state index in [-0.39, 0.29) is 0 Å². The van der Waals surface area contributed by atoms with Crippen LogP contribution >= 0.6 is 0 Å². The van der Waals surface area contributed by atoms with E-state index < -0.39 is 0 Å². The minimum absolute atomic E-state index is 0.640. The maximum Gasteiger partial charge on any atom is 0.000802 e. The highest BCUT2D eigenvalue weighted by Gasteiger charge is 2.33. The van der Waals surface area contributed by atoms with Gasteiger partial charge in [0.25, 0.3) is 0 Å². The second kappa shape index (κ2) is 6.91. The molecule has 2 rings (SSSR count). The second-order valence-electron chi connectivity index (χ2n) is 7.13. The zero-order valence-corrected chi connectivity index (χ0v) is 12.4. The molecule has 2 fully saturated rings. The average Bonchev–Trinajstić information content (AvgIpc) is 2.78. The molecule has 0 radical (unpaired) electrons. The van der Waals surface area contributed by atoms with Crippen LogP contribution in [-0.4, -0.2) is 26.2 Å². The van der Waals surface area contributed by atoms with Gasteiger partial charge >= 0.3 is 0 Å². The van der Waals surface area contributed by atoms with Crippen LogP contribution in [0.2, 0.25) is 0 Å². The van der Waals surface area contributed by atoms with E-state index in [0.29, 0.717) is 5.41 Å². The van der Waals surface area contributed by atoms with Gasteiger partial charge in [-0.3, -0.25) is 0 Å². The van der Waals surface area contributed by atoms with Crippen molar-refractivity contribution in [3.63, 3.8) is 0 Å². The van der Waals surface area contributed by atoms with E-state index in [9.17, 15) is 0 Å². The van der Waals surface area contributed by atoms with Crippen LogP contribution in [0.3, 0.4) is 0 Å². The van der Waals surface area contributed by atoms with Crippen molar-refractivity contribution < 1.29 is 0 Å². The Bertz CT molecular complexity index is 225. The van der Waals surface area contributed by atoms with Crippen molar-refractivity contribution >= 4 is 0 Å². The Balaban J connectivity index is 1.72. The van der Waals surface area contributed by atoms with Crippen LogP contribution in [0.5, 0.6) is 0 Å². The molecule has 0 amide bonds. The molecule has 1 saturated carbocycles. The van der Waals surface area contributed by atoms with Crippen molar-refractivity contribution in [1.29, 1.82) is 0 Å². The normalized spacial score (nSPS) is 24.8. The third kappa shape index (κ3) is 4.24. The molecule has 1 heterocycles. The smallest absolute Gasteiger partial charge is 0.000802 e. The Morgan fingerprint density at radius 2 is 1.83 bits per heavy atom. The van der Waals surface area contributed by atoms with E-state index in [1.165, 1.54) is 71.1 Å². The Morgan fingerprint density at radius 3 is 2.44 bits per heavy atom. The van der Waals surface area contributed by atoms with Crippen LogP contribution in [0.15, 0.2) is 0 Å². The summed E-state index contributed by atoms with van der Waals surface area (Å²) < 4.78 is 0. The van der Waals surface area contributed by atoms with Gasteiger partial charge in [0.2, 0.25) is 0 Å². The maximum absolute atomic E-state index is 3.82. The molecule has 1 saturated heterocycles. The van der Waals surface area contributed by atoms with Crippen molar-refractivity contribution in [2.75, 3.05) is 26.2 Å². The third-order valence-corrected chi connectivity index (χ3v) is 4.90. The summed E-state index contributed by atoms with van der Waals surface area (Å²) in [5.74, 6) is 1.77. The molecule has 0 aromatic carbocycles. The summed E-state index contributed by atoms with van der Waals surface area (Å²) in [6.45, 7) is 9.74. The van der Waals surface area contributed by atoms with Gasteiger partial charge in [0.15, 0.2) is 0 Å². The van der Waals surface area contributed by atoms with Crippen molar-refractivity contribution in [2.24, 2.45) is 17.3 Å². The highest BCUT2D eigenvalue weighted by atomic mass is 14.9. The van der Waals surface area contributed by atoms with Crippen molar-refractivity contribution in [2.45, 2.75) is 58.8 Å². The summed E-state index contributed by atoms with van der Waals surface area (Å²) in [5, 5.41) is 7.27. The van der Waals surface area contributed by atoms with E-state index in [1.54, 1.807) is 0 Å². The summed E-state index contributed by atoms with van der Waals surface area (Å²) in [6, 6.07) is 0. The fraction of sp³-hybridized carbons (Fsp3) is 1.00. The first-order valence-corrected chi connectivity index (χ1v) is 8.12. The molecule has 106 valence electrons. The minimum atomic E-state index is 0.640. The zero-order chi connectivity index (χ0) is 12.8. The van der Waals surface area contributed by atoms with Crippen molar-refractivity contribution in [1.82, 2.24) is 10.6 Å². The van der Waals surface area contributed by atoms with Gasteiger partial charge < -0.3 is 10.6 Å². The van der Waals surface area contributed by atoms with Crippen LogP contribution in [0.25, 0.3) is 0 Å². The van der Waals surface area contributed by atoms with Gasteiger partial charge in [-0.25, -0.2) is 0 Å². The van der Waals surface area contributed by atoms with E-state index in [1.807, 2.05) is 0 Å². The average molecular weight is 252 g/mol. The monoisotopic (exact) mass is 252 g/mol. The van der Waals surface area contributed by atoms with E-state index in [4.69, 9.17) is 0 Å². The molecule has 2 heteroatoms. The molecule has 2 aliphatic rings. The largest absolute Gasteiger partial charge is 0.317 e. The lowest BCUT2D eigenvalue weighted by Gasteiger charge is -2.32. The second-order valence-corrected chi connectivity index (χ2v) is 7.13. The number of piperidine rings is 1. The predicted octanol–water partition coefficient (Wildman–Crippen LogP) is 3.18. The molecule has 2 nitrogen and oxygen atoms in total. The van der Waals surface area contributed by atoms with E-state index >= 15 is 0 Å².